The predicted molar refractivity (Wildman–Crippen MR) is 118 cm³/mol. The van der Waals surface area contributed by atoms with Gasteiger partial charge in [-0.1, -0.05) is 42.5 Å². The van der Waals surface area contributed by atoms with Gasteiger partial charge in [-0.25, -0.2) is 5.48 Å². The SMILES string of the molecule is CONC(=O)C(=Cc1ccc(Oc2ccccc2Br)cc1)NC(=O)c1ccccc1. The van der Waals surface area contributed by atoms with Crippen LogP contribution in [0.5, 0.6) is 11.5 Å². The van der Waals surface area contributed by atoms with Crippen molar-refractivity contribution in [2.45, 2.75) is 0 Å². The van der Waals surface area contributed by atoms with Crippen LogP contribution in [-0.4, -0.2) is 18.9 Å². The smallest absolute Gasteiger partial charge is 0.291 e. The molecule has 152 valence electrons. The summed E-state index contributed by atoms with van der Waals surface area (Å²) >= 11 is 3.44. The monoisotopic (exact) mass is 466 g/mol. The molecule has 0 atom stereocenters. The number of nitrogens with one attached hydrogen (secondary N) is 2. The van der Waals surface area contributed by atoms with Crippen molar-refractivity contribution in [3.63, 3.8) is 0 Å². The summed E-state index contributed by atoms with van der Waals surface area (Å²) in [5, 5.41) is 2.62. The summed E-state index contributed by atoms with van der Waals surface area (Å²) in [5.74, 6) is 0.351. The molecule has 0 saturated heterocycles. The average molecular weight is 467 g/mol. The Kier molecular flexibility index (Phi) is 7.37. The van der Waals surface area contributed by atoms with Crippen LogP contribution in [-0.2, 0) is 9.63 Å². The van der Waals surface area contributed by atoms with Gasteiger partial charge >= 0.3 is 0 Å². The lowest BCUT2D eigenvalue weighted by Crippen LogP contribution is -2.34. The first-order valence-corrected chi connectivity index (χ1v) is 9.80. The van der Waals surface area contributed by atoms with E-state index < -0.39 is 11.8 Å². The van der Waals surface area contributed by atoms with E-state index in [0.29, 0.717) is 22.6 Å². The van der Waals surface area contributed by atoms with Gasteiger partial charge in [-0.15, -0.1) is 0 Å². The zero-order valence-corrected chi connectivity index (χ0v) is 17.7. The fourth-order valence-electron chi connectivity index (χ4n) is 2.54. The molecular formula is C23H19BrN2O4. The second-order valence-electron chi connectivity index (χ2n) is 6.11. The standard InChI is InChI=1S/C23H19BrN2O4/c1-29-26-23(28)20(25-22(27)17-7-3-2-4-8-17)15-16-11-13-18(14-12-16)30-21-10-6-5-9-19(21)24/h2-15H,1H3,(H,25,27)(H,26,28). The van der Waals surface area contributed by atoms with Crippen LogP contribution in [0, 0.1) is 0 Å². The summed E-state index contributed by atoms with van der Waals surface area (Å²) in [6, 6.07) is 23.3. The molecule has 3 aromatic rings. The number of carbonyl (C=O) groups excluding carboxylic acids is 2. The Balaban J connectivity index is 1.79. The summed E-state index contributed by atoms with van der Waals surface area (Å²) in [5.41, 5.74) is 3.40. The summed E-state index contributed by atoms with van der Waals surface area (Å²) in [6.07, 6.45) is 1.55. The molecule has 0 aliphatic heterocycles. The number of para-hydroxylation sites is 1. The fraction of sp³-hybridized carbons (Fsp3) is 0.0435. The predicted octanol–water partition coefficient (Wildman–Crippen LogP) is 4.69. The topological polar surface area (TPSA) is 76.7 Å². The summed E-state index contributed by atoms with van der Waals surface area (Å²) < 4.78 is 6.68. The number of rotatable bonds is 7. The number of amides is 2. The van der Waals surface area contributed by atoms with Gasteiger partial charge in [0.15, 0.2) is 0 Å². The zero-order chi connectivity index (χ0) is 21.3. The highest BCUT2D eigenvalue weighted by molar-refractivity contribution is 9.10. The number of carbonyl (C=O) groups is 2. The maximum Gasteiger partial charge on any atom is 0.291 e. The first-order chi connectivity index (χ1) is 14.6. The third kappa shape index (κ3) is 5.79. The molecule has 0 aliphatic rings. The number of hydroxylamine groups is 1. The highest BCUT2D eigenvalue weighted by Gasteiger charge is 2.14. The van der Waals surface area contributed by atoms with E-state index in [0.717, 1.165) is 4.47 Å². The number of benzene rings is 3. The number of ether oxygens (including phenoxy) is 1. The molecule has 0 radical (unpaired) electrons. The lowest BCUT2D eigenvalue weighted by molar-refractivity contribution is -0.127. The van der Waals surface area contributed by atoms with Crippen molar-refractivity contribution in [2.75, 3.05) is 7.11 Å². The van der Waals surface area contributed by atoms with Crippen molar-refractivity contribution < 1.29 is 19.2 Å². The molecule has 0 fully saturated rings. The maximum absolute atomic E-state index is 12.4. The summed E-state index contributed by atoms with van der Waals surface area (Å²) in [4.78, 5) is 29.4. The van der Waals surface area contributed by atoms with E-state index in [2.05, 4.69) is 26.7 Å². The molecule has 0 aromatic heterocycles. The van der Waals surface area contributed by atoms with Gasteiger partial charge < -0.3 is 10.1 Å². The second-order valence-corrected chi connectivity index (χ2v) is 6.97. The van der Waals surface area contributed by atoms with Crippen LogP contribution >= 0.6 is 15.9 Å². The molecule has 0 spiro atoms. The fourth-order valence-corrected chi connectivity index (χ4v) is 2.91. The lowest BCUT2D eigenvalue weighted by atomic mass is 10.1. The van der Waals surface area contributed by atoms with Crippen molar-refractivity contribution >= 4 is 33.8 Å². The third-order valence-corrected chi connectivity index (χ3v) is 4.63. The van der Waals surface area contributed by atoms with Crippen molar-refractivity contribution in [3.05, 3.63) is 100 Å². The second kappa shape index (κ2) is 10.4. The Morgan fingerprint density at radius 3 is 2.23 bits per heavy atom. The van der Waals surface area contributed by atoms with Crippen molar-refractivity contribution in [3.8, 4) is 11.5 Å². The van der Waals surface area contributed by atoms with Crippen LogP contribution in [0.3, 0.4) is 0 Å². The van der Waals surface area contributed by atoms with E-state index in [1.54, 1.807) is 54.6 Å². The first-order valence-electron chi connectivity index (χ1n) is 9.00. The van der Waals surface area contributed by atoms with Crippen LogP contribution in [0.25, 0.3) is 6.08 Å². The average Bonchev–Trinajstić information content (AvgIpc) is 2.77. The van der Waals surface area contributed by atoms with Gasteiger partial charge in [0.2, 0.25) is 0 Å². The molecule has 0 aliphatic carbocycles. The van der Waals surface area contributed by atoms with E-state index in [1.165, 1.54) is 7.11 Å². The highest BCUT2D eigenvalue weighted by Crippen LogP contribution is 2.29. The van der Waals surface area contributed by atoms with Crippen LogP contribution in [0.15, 0.2) is 89.0 Å². The summed E-state index contributed by atoms with van der Waals surface area (Å²) in [7, 11) is 1.32. The number of hydrogen-bond donors (Lipinski definition) is 2. The quantitative estimate of drug-likeness (QED) is 0.391. The molecule has 7 heteroatoms. The van der Waals surface area contributed by atoms with Crippen molar-refractivity contribution in [1.29, 1.82) is 0 Å². The van der Waals surface area contributed by atoms with Gasteiger partial charge in [0.05, 0.1) is 11.6 Å². The molecule has 0 heterocycles. The Hall–Kier alpha value is -3.42. The van der Waals surface area contributed by atoms with E-state index >= 15 is 0 Å². The largest absolute Gasteiger partial charge is 0.456 e. The molecule has 30 heavy (non-hydrogen) atoms. The van der Waals surface area contributed by atoms with Gasteiger partial charge in [-0.05, 0) is 64.0 Å². The summed E-state index contributed by atoms with van der Waals surface area (Å²) in [6.45, 7) is 0. The Bertz CT molecular complexity index is 1050. The first kappa shape index (κ1) is 21.3. The van der Waals surface area contributed by atoms with Crippen molar-refractivity contribution in [2.24, 2.45) is 0 Å². The van der Waals surface area contributed by atoms with Crippen molar-refractivity contribution in [1.82, 2.24) is 10.8 Å². The molecule has 6 nitrogen and oxygen atoms in total. The molecule has 3 aromatic carbocycles. The van der Waals surface area contributed by atoms with Crippen LogP contribution in [0.4, 0.5) is 0 Å². The minimum atomic E-state index is -0.574. The van der Waals surface area contributed by atoms with Crippen LogP contribution < -0.4 is 15.5 Å². The molecule has 2 N–H and O–H groups in total. The lowest BCUT2D eigenvalue weighted by Gasteiger charge is -2.10. The molecule has 0 saturated carbocycles. The van der Waals surface area contributed by atoms with Crippen LogP contribution in [0.2, 0.25) is 0 Å². The van der Waals surface area contributed by atoms with Gasteiger partial charge in [0.25, 0.3) is 11.8 Å². The van der Waals surface area contributed by atoms with Gasteiger partial charge in [0.1, 0.15) is 17.2 Å². The molecular weight excluding hydrogens is 448 g/mol. The number of halogens is 1. The minimum Gasteiger partial charge on any atom is -0.456 e. The van der Waals surface area contributed by atoms with Gasteiger partial charge in [0, 0.05) is 5.56 Å². The van der Waals surface area contributed by atoms with E-state index in [9.17, 15) is 9.59 Å². The highest BCUT2D eigenvalue weighted by atomic mass is 79.9. The van der Waals surface area contributed by atoms with Gasteiger partial charge in [-0.2, -0.15) is 0 Å². The Morgan fingerprint density at radius 1 is 0.900 bits per heavy atom. The zero-order valence-electron chi connectivity index (χ0n) is 16.1. The van der Waals surface area contributed by atoms with E-state index in [1.807, 2.05) is 30.3 Å². The minimum absolute atomic E-state index is 0.0465. The molecule has 2 amide bonds. The third-order valence-electron chi connectivity index (χ3n) is 3.98. The van der Waals surface area contributed by atoms with Gasteiger partial charge in [-0.3, -0.25) is 14.4 Å². The molecule has 0 bridgehead atoms. The van der Waals surface area contributed by atoms with E-state index in [-0.39, 0.29) is 5.70 Å². The van der Waals surface area contributed by atoms with E-state index in [4.69, 9.17) is 9.57 Å². The molecule has 0 unspecified atom stereocenters. The normalized spacial score (nSPS) is 10.9. The Labute approximate surface area is 182 Å². The maximum atomic E-state index is 12.4. The molecule has 3 rings (SSSR count). The Morgan fingerprint density at radius 2 is 1.57 bits per heavy atom. The number of hydrogen-bond acceptors (Lipinski definition) is 4. The van der Waals surface area contributed by atoms with Crippen LogP contribution in [0.1, 0.15) is 15.9 Å².